The Morgan fingerprint density at radius 2 is 2.10 bits per heavy atom. The predicted molar refractivity (Wildman–Crippen MR) is 113 cm³/mol. The molecule has 0 aliphatic heterocycles. The van der Waals surface area contributed by atoms with E-state index in [1.807, 2.05) is 6.07 Å². The van der Waals surface area contributed by atoms with Gasteiger partial charge in [0.25, 0.3) is 5.92 Å². The zero-order chi connectivity index (χ0) is 22.1. The van der Waals surface area contributed by atoms with Crippen LogP contribution in [-0.2, 0) is 6.42 Å². The summed E-state index contributed by atoms with van der Waals surface area (Å²) in [7, 11) is 1.48. The van der Waals surface area contributed by atoms with E-state index in [0.717, 1.165) is 23.3 Å². The highest BCUT2D eigenvalue weighted by molar-refractivity contribution is 7.15. The molecule has 5 rings (SSSR count). The van der Waals surface area contributed by atoms with Gasteiger partial charge in [0.05, 0.1) is 18.0 Å². The van der Waals surface area contributed by atoms with E-state index in [0.29, 0.717) is 21.7 Å². The summed E-state index contributed by atoms with van der Waals surface area (Å²) in [5.74, 6) is -3.79. The molecule has 0 saturated heterocycles. The number of aromatic carboxylic acids is 1. The molecular weight excluding hydrogens is 426 g/mol. The number of hydrogen-bond acceptors (Lipinski definition) is 5. The highest BCUT2D eigenvalue weighted by Crippen LogP contribution is 2.49. The zero-order valence-corrected chi connectivity index (χ0v) is 17.5. The molecule has 1 fully saturated rings. The average Bonchev–Trinajstić information content (AvgIpc) is 3.48. The number of nitrogens with two attached hydrogens (primary N) is 1. The summed E-state index contributed by atoms with van der Waals surface area (Å²) in [6, 6.07) is 3.89. The number of thiophene rings is 1. The number of fused-ring (bicyclic) bond motifs is 2. The summed E-state index contributed by atoms with van der Waals surface area (Å²) in [6.07, 6.45) is 3.10. The number of hydrogen-bond donors (Lipinski definition) is 2. The minimum Gasteiger partial charge on any atom is -0.494 e. The number of methoxy groups -OCH3 is 1. The van der Waals surface area contributed by atoms with Gasteiger partial charge in [0.1, 0.15) is 11.6 Å². The van der Waals surface area contributed by atoms with E-state index >= 15 is 0 Å². The molecule has 0 amide bonds. The quantitative estimate of drug-likeness (QED) is 0.621. The van der Waals surface area contributed by atoms with Gasteiger partial charge < -0.3 is 20.1 Å². The van der Waals surface area contributed by atoms with E-state index in [1.165, 1.54) is 24.6 Å². The maximum Gasteiger partial charge on any atom is 0.341 e. The van der Waals surface area contributed by atoms with Crippen molar-refractivity contribution in [2.24, 2.45) is 5.73 Å². The Morgan fingerprint density at radius 1 is 1.35 bits per heavy atom. The molecule has 0 radical (unpaired) electrons. The van der Waals surface area contributed by atoms with Gasteiger partial charge in [-0.3, -0.25) is 4.79 Å². The summed E-state index contributed by atoms with van der Waals surface area (Å²) < 4.78 is 35.7. The molecule has 9 heteroatoms. The highest BCUT2D eigenvalue weighted by Gasteiger charge is 2.43. The van der Waals surface area contributed by atoms with Gasteiger partial charge in [-0.15, -0.1) is 11.3 Å². The third-order valence-electron chi connectivity index (χ3n) is 6.09. The van der Waals surface area contributed by atoms with E-state index in [2.05, 4.69) is 0 Å². The molecule has 31 heavy (non-hydrogen) atoms. The fourth-order valence-electron chi connectivity index (χ4n) is 4.29. The molecule has 6 nitrogen and oxygen atoms in total. The largest absolute Gasteiger partial charge is 0.494 e. The van der Waals surface area contributed by atoms with E-state index in [1.54, 1.807) is 16.7 Å². The number of halogens is 2. The second-order valence-corrected chi connectivity index (χ2v) is 9.18. The molecule has 2 aliphatic rings. The molecule has 1 saturated carbocycles. The number of carboxylic acid groups (broad SMARTS) is 1. The summed E-state index contributed by atoms with van der Waals surface area (Å²) in [4.78, 5) is 25.6. The van der Waals surface area contributed by atoms with Gasteiger partial charge in [-0.2, -0.15) is 0 Å². The Hall–Kier alpha value is -2.78. The predicted octanol–water partition coefficient (Wildman–Crippen LogP) is 4.35. The maximum atomic E-state index is 14.1. The molecule has 1 aromatic carbocycles. The Morgan fingerprint density at radius 3 is 2.74 bits per heavy atom. The van der Waals surface area contributed by atoms with E-state index in [-0.39, 0.29) is 29.8 Å². The fourth-order valence-corrected chi connectivity index (χ4v) is 5.59. The minimum absolute atomic E-state index is 0.0917. The second kappa shape index (κ2) is 6.86. The van der Waals surface area contributed by atoms with Gasteiger partial charge in [0, 0.05) is 34.0 Å². The van der Waals surface area contributed by atoms with Gasteiger partial charge in [-0.25, -0.2) is 13.6 Å². The van der Waals surface area contributed by atoms with Crippen LogP contribution < -0.4 is 15.9 Å². The monoisotopic (exact) mass is 446 g/mol. The summed E-state index contributed by atoms with van der Waals surface area (Å²) in [5.41, 5.74) is 6.99. The molecule has 1 atom stereocenters. The number of rotatable bonds is 4. The topological polar surface area (TPSA) is 94.6 Å². The van der Waals surface area contributed by atoms with Crippen molar-refractivity contribution < 1.29 is 23.4 Å². The lowest BCUT2D eigenvalue weighted by Crippen LogP contribution is -2.36. The number of alkyl halides is 2. The number of aryl methyl sites for hydroxylation is 1. The summed E-state index contributed by atoms with van der Waals surface area (Å²) in [6.45, 7) is 0. The third kappa shape index (κ3) is 3.06. The van der Waals surface area contributed by atoms with Crippen molar-refractivity contribution in [2.75, 3.05) is 7.11 Å². The first kappa shape index (κ1) is 20.1. The molecule has 2 heterocycles. The van der Waals surface area contributed by atoms with Gasteiger partial charge in [-0.05, 0) is 43.0 Å². The van der Waals surface area contributed by atoms with Crippen molar-refractivity contribution in [1.29, 1.82) is 0 Å². The van der Waals surface area contributed by atoms with Crippen LogP contribution >= 0.6 is 11.3 Å². The van der Waals surface area contributed by atoms with Crippen molar-refractivity contribution in [3.8, 4) is 16.2 Å². The van der Waals surface area contributed by atoms with Gasteiger partial charge in [0.15, 0.2) is 5.75 Å². The van der Waals surface area contributed by atoms with Crippen LogP contribution in [0, 0.1) is 0 Å². The van der Waals surface area contributed by atoms with Crippen LogP contribution in [0.15, 0.2) is 29.2 Å². The standard InChI is InChI=1S/C22H20F2N2O4S/c1-30-18-12(15-8-10-6-7-22(23,24)20(25)19(10)31-15)4-5-13-16(18)26(11-2-3-11)9-14(17(13)27)21(28)29/h4-5,8-9,11,20H,2-3,6-7,25H2,1H3,(H,28,29). The summed E-state index contributed by atoms with van der Waals surface area (Å²) in [5, 5.41) is 9.72. The average molecular weight is 446 g/mol. The Kier molecular flexibility index (Phi) is 4.46. The third-order valence-corrected chi connectivity index (χ3v) is 7.39. The minimum atomic E-state index is -2.94. The van der Waals surface area contributed by atoms with Crippen LogP contribution in [0.5, 0.6) is 5.75 Å². The van der Waals surface area contributed by atoms with Gasteiger partial charge in [-0.1, -0.05) is 0 Å². The Balaban J connectivity index is 1.75. The normalized spacial score (nSPS) is 19.9. The van der Waals surface area contributed by atoms with Crippen molar-refractivity contribution in [2.45, 2.75) is 43.7 Å². The number of nitrogens with zero attached hydrogens (tertiary/aromatic N) is 1. The number of aromatic nitrogens is 1. The van der Waals surface area contributed by atoms with Crippen LogP contribution in [0.25, 0.3) is 21.3 Å². The van der Waals surface area contributed by atoms with E-state index < -0.39 is 23.4 Å². The molecular formula is C22H20F2N2O4S. The van der Waals surface area contributed by atoms with Crippen molar-refractivity contribution in [3.05, 3.63) is 50.6 Å². The number of carbonyl (C=O) groups is 1. The molecule has 0 spiro atoms. The lowest BCUT2D eigenvalue weighted by Gasteiger charge is -2.28. The van der Waals surface area contributed by atoms with E-state index in [9.17, 15) is 23.5 Å². The molecule has 1 unspecified atom stereocenters. The van der Waals surface area contributed by atoms with Crippen molar-refractivity contribution in [3.63, 3.8) is 0 Å². The molecule has 2 aromatic heterocycles. The lowest BCUT2D eigenvalue weighted by molar-refractivity contribution is -0.0385. The first-order valence-corrected chi connectivity index (χ1v) is 10.8. The number of ether oxygens (including phenoxy) is 1. The molecule has 0 bridgehead atoms. The molecule has 162 valence electrons. The van der Waals surface area contributed by atoms with Crippen LogP contribution in [0.1, 0.15) is 52.1 Å². The highest BCUT2D eigenvalue weighted by atomic mass is 32.1. The molecule has 3 aromatic rings. The zero-order valence-electron chi connectivity index (χ0n) is 16.7. The van der Waals surface area contributed by atoms with Crippen LogP contribution in [-0.4, -0.2) is 28.7 Å². The van der Waals surface area contributed by atoms with Crippen molar-refractivity contribution in [1.82, 2.24) is 4.57 Å². The van der Waals surface area contributed by atoms with Crippen LogP contribution in [0.4, 0.5) is 8.78 Å². The van der Waals surface area contributed by atoms with E-state index in [4.69, 9.17) is 10.5 Å². The molecule has 2 aliphatic carbocycles. The van der Waals surface area contributed by atoms with Crippen molar-refractivity contribution >= 4 is 28.2 Å². The number of pyridine rings is 1. The van der Waals surface area contributed by atoms with Crippen LogP contribution in [0.3, 0.4) is 0 Å². The maximum absolute atomic E-state index is 14.1. The fraction of sp³-hybridized carbons (Fsp3) is 0.364. The van der Waals surface area contributed by atoms with Gasteiger partial charge >= 0.3 is 5.97 Å². The van der Waals surface area contributed by atoms with Crippen LogP contribution in [0.2, 0.25) is 0 Å². The lowest BCUT2D eigenvalue weighted by atomic mass is 9.91. The Labute approximate surface area is 179 Å². The SMILES string of the molecule is COc1c(-c2cc3c(s2)C(N)C(F)(F)CC3)ccc2c(=O)c(C(=O)O)cn(C3CC3)c12. The molecule has 3 N–H and O–H groups in total. The smallest absolute Gasteiger partial charge is 0.341 e. The second-order valence-electron chi connectivity index (χ2n) is 8.10. The number of carboxylic acids is 1. The first-order chi connectivity index (χ1) is 14.7. The number of benzene rings is 1. The first-order valence-electron chi connectivity index (χ1n) is 9.98. The Bertz CT molecular complexity index is 1290. The summed E-state index contributed by atoms with van der Waals surface area (Å²) >= 11 is 1.21. The van der Waals surface area contributed by atoms with Gasteiger partial charge in [0.2, 0.25) is 5.43 Å².